The van der Waals surface area contributed by atoms with Crippen LogP contribution in [-0.2, 0) is 36.3 Å². The summed E-state index contributed by atoms with van der Waals surface area (Å²) >= 11 is 0. The Bertz CT molecular complexity index is 890. The maximum Gasteiger partial charge on any atom is 0.330 e. The molecule has 2 aliphatic heterocycles. The molecule has 30 heavy (non-hydrogen) atoms. The minimum atomic E-state index is -1.55. The Morgan fingerprint density at radius 2 is 1.80 bits per heavy atom. The lowest BCUT2D eigenvalue weighted by Crippen LogP contribution is -2.71. The maximum absolute atomic E-state index is 13.1. The van der Waals surface area contributed by atoms with Gasteiger partial charge in [-0.25, -0.2) is 4.79 Å². The topological polar surface area (TPSA) is 102 Å². The second-order valence-corrected chi connectivity index (χ2v) is 11.2. The fraction of sp³-hybridized carbons (Fsp3) is 0.571. The Hall–Kier alpha value is -2.42. The number of esters is 1. The molecule has 1 unspecified atom stereocenters. The molecule has 0 spiro atoms. The molecule has 1 aromatic rings. The van der Waals surface area contributed by atoms with Crippen LogP contribution in [0.15, 0.2) is 24.3 Å². The van der Waals surface area contributed by atoms with Gasteiger partial charge < -0.3 is 19.7 Å². The monoisotopic (exact) mass is 436 g/mol. The number of carbonyl (C=O) groups is 3. The summed E-state index contributed by atoms with van der Waals surface area (Å²) in [4.78, 5) is 39.3. The van der Waals surface area contributed by atoms with Gasteiger partial charge in [-0.15, -0.1) is 0 Å². The summed E-state index contributed by atoms with van der Waals surface area (Å²) in [5.41, 5.74) is 0.0311. The third kappa shape index (κ3) is 3.95. The third-order valence-corrected chi connectivity index (χ3v) is 7.42. The van der Waals surface area contributed by atoms with Gasteiger partial charge in [0.05, 0.1) is 29.1 Å². The lowest BCUT2D eigenvalue weighted by Gasteiger charge is -2.43. The number of rotatable bonds is 5. The highest BCUT2D eigenvalue weighted by molar-refractivity contribution is 7.87. The predicted octanol–water partition coefficient (Wildman–Crippen LogP) is 1.14. The number of carbonyl (C=O) groups excluding carboxylic acids is 3. The summed E-state index contributed by atoms with van der Waals surface area (Å²) in [6.07, 6.45) is 0.0754. The Kier molecular flexibility index (Phi) is 5.70. The van der Waals surface area contributed by atoms with E-state index in [1.54, 1.807) is 66.0 Å². The smallest absolute Gasteiger partial charge is 0.330 e. The van der Waals surface area contributed by atoms with Gasteiger partial charge in [0, 0.05) is 0 Å². The predicted molar refractivity (Wildman–Crippen MR) is 111 cm³/mol. The van der Waals surface area contributed by atoms with Crippen molar-refractivity contribution in [1.82, 2.24) is 10.2 Å². The Morgan fingerprint density at radius 1 is 1.20 bits per heavy atom. The van der Waals surface area contributed by atoms with Gasteiger partial charge in [-0.3, -0.25) is 13.8 Å². The number of hydrogen-bond acceptors (Lipinski definition) is 6. The van der Waals surface area contributed by atoms with Crippen LogP contribution >= 0.6 is 0 Å². The number of β-lactam (4-membered cyclic amide) rings is 1. The van der Waals surface area contributed by atoms with E-state index in [2.05, 4.69) is 5.32 Å². The second kappa shape index (κ2) is 7.68. The van der Waals surface area contributed by atoms with Gasteiger partial charge in [0.2, 0.25) is 11.8 Å². The van der Waals surface area contributed by atoms with E-state index >= 15 is 0 Å². The fourth-order valence-corrected chi connectivity index (χ4v) is 5.70. The van der Waals surface area contributed by atoms with Crippen LogP contribution in [0.1, 0.15) is 40.2 Å². The SMILES string of the molecule is COc1ccc(CC(=O)N[C@@H]2C(=O)N3[C@@H]2S(=O)C(C)(C)[C@@H]3C(=O)OC(C)(C)C)cc1. The molecule has 1 aromatic carbocycles. The molecule has 2 fully saturated rings. The van der Waals surface area contributed by atoms with E-state index in [0.29, 0.717) is 5.75 Å². The summed E-state index contributed by atoms with van der Waals surface area (Å²) in [5.74, 6) is -0.674. The van der Waals surface area contributed by atoms with Crippen LogP contribution in [0.25, 0.3) is 0 Å². The minimum absolute atomic E-state index is 0.0754. The zero-order chi connectivity index (χ0) is 22.4. The summed E-state index contributed by atoms with van der Waals surface area (Å²) in [6.45, 7) is 8.57. The number of benzene rings is 1. The fourth-order valence-electron chi connectivity index (χ4n) is 3.78. The molecule has 2 saturated heterocycles. The molecular formula is C21H28N2O6S. The highest BCUT2D eigenvalue weighted by atomic mass is 32.2. The van der Waals surface area contributed by atoms with Crippen LogP contribution in [0, 0.1) is 0 Å². The summed E-state index contributed by atoms with van der Waals surface area (Å²) in [5, 5.41) is 1.94. The van der Waals surface area contributed by atoms with Crippen LogP contribution in [0.3, 0.4) is 0 Å². The number of fused-ring (bicyclic) bond motifs is 1. The zero-order valence-electron chi connectivity index (χ0n) is 18.1. The largest absolute Gasteiger partial charge is 0.497 e. The molecule has 0 saturated carbocycles. The van der Waals surface area contributed by atoms with Crippen molar-refractivity contribution in [1.29, 1.82) is 0 Å². The van der Waals surface area contributed by atoms with Gasteiger partial charge in [0.15, 0.2) is 0 Å². The standard InChI is InChI=1S/C21H28N2O6S/c1-20(2,3)29-19(26)16-21(4,5)30(27)18-15(17(25)23(16)18)22-14(24)11-12-7-9-13(28-6)10-8-12/h7-10,15-16,18H,11H2,1-6H3,(H,22,24)/t15-,16+,18-,30?/m1/s1. The highest BCUT2D eigenvalue weighted by Crippen LogP contribution is 2.44. The quantitative estimate of drug-likeness (QED) is 0.549. The highest BCUT2D eigenvalue weighted by Gasteiger charge is 2.68. The van der Waals surface area contributed by atoms with E-state index in [1.165, 1.54) is 4.90 Å². The van der Waals surface area contributed by atoms with Crippen LogP contribution in [0.5, 0.6) is 5.75 Å². The third-order valence-electron chi connectivity index (χ3n) is 5.22. The number of methoxy groups -OCH3 is 1. The summed E-state index contributed by atoms with van der Waals surface area (Å²) in [6, 6.07) is 5.16. The van der Waals surface area contributed by atoms with Gasteiger partial charge >= 0.3 is 5.97 Å². The van der Waals surface area contributed by atoms with E-state index in [1.807, 2.05) is 0 Å². The molecule has 9 heteroatoms. The van der Waals surface area contributed by atoms with Gasteiger partial charge in [-0.2, -0.15) is 0 Å². The Morgan fingerprint density at radius 3 is 2.33 bits per heavy atom. The number of amides is 2. The normalized spacial score (nSPS) is 27.1. The minimum Gasteiger partial charge on any atom is -0.497 e. The molecule has 0 bridgehead atoms. The van der Waals surface area contributed by atoms with Crippen molar-refractivity contribution < 1.29 is 28.1 Å². The molecule has 8 nitrogen and oxygen atoms in total. The van der Waals surface area contributed by atoms with Gasteiger partial charge in [0.25, 0.3) is 0 Å². The van der Waals surface area contributed by atoms with E-state index in [4.69, 9.17) is 9.47 Å². The molecule has 0 aromatic heterocycles. The van der Waals surface area contributed by atoms with Crippen molar-refractivity contribution in [3.8, 4) is 5.75 Å². The lowest BCUT2D eigenvalue weighted by atomic mass is 9.95. The van der Waals surface area contributed by atoms with Crippen LogP contribution < -0.4 is 10.1 Å². The lowest BCUT2D eigenvalue weighted by molar-refractivity contribution is -0.171. The summed E-state index contributed by atoms with van der Waals surface area (Å²) in [7, 11) is 0.0137. The van der Waals surface area contributed by atoms with Crippen LogP contribution in [0.4, 0.5) is 0 Å². The van der Waals surface area contributed by atoms with E-state index < -0.39 is 50.5 Å². The molecule has 4 atom stereocenters. The molecule has 1 N–H and O–H groups in total. The van der Waals surface area contributed by atoms with Crippen molar-refractivity contribution in [2.45, 2.75) is 68.8 Å². The van der Waals surface area contributed by atoms with Crippen molar-refractivity contribution in [2.75, 3.05) is 7.11 Å². The molecule has 0 aliphatic carbocycles. The van der Waals surface area contributed by atoms with Gasteiger partial charge in [-0.1, -0.05) is 12.1 Å². The first-order chi connectivity index (χ1) is 13.9. The number of nitrogens with zero attached hydrogens (tertiary/aromatic N) is 1. The van der Waals surface area contributed by atoms with Gasteiger partial charge in [0.1, 0.15) is 28.8 Å². The zero-order valence-corrected chi connectivity index (χ0v) is 18.9. The molecule has 0 radical (unpaired) electrons. The molecule has 164 valence electrons. The Labute approximate surface area is 178 Å². The molecular weight excluding hydrogens is 408 g/mol. The van der Waals surface area contributed by atoms with Crippen LogP contribution in [0.2, 0.25) is 0 Å². The van der Waals surface area contributed by atoms with E-state index in [-0.39, 0.29) is 12.3 Å². The van der Waals surface area contributed by atoms with E-state index in [0.717, 1.165) is 5.56 Å². The van der Waals surface area contributed by atoms with Crippen molar-refractivity contribution in [3.05, 3.63) is 29.8 Å². The molecule has 3 rings (SSSR count). The van der Waals surface area contributed by atoms with E-state index in [9.17, 15) is 18.6 Å². The molecule has 2 aliphatic rings. The average Bonchev–Trinajstić information content (AvgIpc) is 2.83. The number of nitrogens with one attached hydrogen (secondary N) is 1. The number of hydrogen-bond donors (Lipinski definition) is 1. The van der Waals surface area contributed by atoms with Crippen molar-refractivity contribution in [3.63, 3.8) is 0 Å². The van der Waals surface area contributed by atoms with Gasteiger partial charge in [-0.05, 0) is 52.3 Å². The average molecular weight is 437 g/mol. The summed E-state index contributed by atoms with van der Waals surface area (Å²) < 4.78 is 22.6. The molecule has 2 amide bonds. The first kappa shape index (κ1) is 22.3. The van der Waals surface area contributed by atoms with Crippen molar-refractivity contribution in [2.24, 2.45) is 0 Å². The second-order valence-electron chi connectivity index (χ2n) is 9.04. The first-order valence-electron chi connectivity index (χ1n) is 9.75. The first-order valence-corrected chi connectivity index (χ1v) is 11.0. The van der Waals surface area contributed by atoms with Crippen LogP contribution in [-0.4, -0.2) is 61.8 Å². The maximum atomic E-state index is 13.1. The van der Waals surface area contributed by atoms with Crippen molar-refractivity contribution >= 4 is 28.6 Å². The molecule has 2 heterocycles. The number of ether oxygens (including phenoxy) is 2. The Balaban J connectivity index is 1.71.